The molecule has 17 heavy (non-hydrogen) atoms. The summed E-state index contributed by atoms with van der Waals surface area (Å²) in [4.78, 5) is 0. The van der Waals surface area contributed by atoms with Crippen LogP contribution in [0.3, 0.4) is 0 Å². The molecule has 0 aliphatic rings. The summed E-state index contributed by atoms with van der Waals surface area (Å²) in [5.74, 6) is 5.66. The van der Waals surface area contributed by atoms with Gasteiger partial charge in [0.1, 0.15) is 0 Å². The van der Waals surface area contributed by atoms with Crippen LogP contribution >= 0.6 is 15.9 Å². The molecule has 0 amide bonds. The van der Waals surface area contributed by atoms with Crippen LogP contribution in [-0.4, -0.2) is 18.8 Å². The van der Waals surface area contributed by atoms with Gasteiger partial charge in [-0.1, -0.05) is 41.1 Å². The molecule has 1 aromatic rings. The molecule has 0 aliphatic carbocycles. The third-order valence-electron chi connectivity index (χ3n) is 3.49. The molecule has 0 fully saturated rings. The van der Waals surface area contributed by atoms with Crippen molar-refractivity contribution in [3.05, 3.63) is 34.3 Å². The number of ether oxygens (including phenoxy) is 1. The number of hydrazine groups is 1. The van der Waals surface area contributed by atoms with Crippen molar-refractivity contribution in [2.45, 2.75) is 38.3 Å². The Hall–Kier alpha value is -0.420. The molecule has 2 atom stereocenters. The zero-order chi connectivity index (χ0) is 12.9. The average molecular weight is 301 g/mol. The fraction of sp³-hybridized carbons (Fsp3) is 0.538. The molecule has 1 aromatic carbocycles. The highest BCUT2D eigenvalue weighted by Crippen LogP contribution is 2.25. The molecule has 0 aliphatic heterocycles. The molecule has 4 heteroatoms. The molecule has 0 saturated heterocycles. The number of rotatable bonds is 6. The third kappa shape index (κ3) is 3.52. The molecule has 0 heterocycles. The second kappa shape index (κ2) is 6.50. The molecule has 3 nitrogen and oxygen atoms in total. The molecule has 0 aromatic heterocycles. The van der Waals surface area contributed by atoms with E-state index in [4.69, 9.17) is 10.6 Å². The van der Waals surface area contributed by atoms with Crippen LogP contribution in [0.2, 0.25) is 0 Å². The van der Waals surface area contributed by atoms with Gasteiger partial charge in [0.25, 0.3) is 0 Å². The van der Waals surface area contributed by atoms with Crippen molar-refractivity contribution in [3.8, 4) is 0 Å². The zero-order valence-electron chi connectivity index (χ0n) is 10.7. The lowest BCUT2D eigenvalue weighted by molar-refractivity contribution is -0.0288. The number of methoxy groups -OCH3 is 1. The predicted octanol–water partition coefficient (Wildman–Crippen LogP) is 2.64. The van der Waals surface area contributed by atoms with Crippen LogP contribution in [0.4, 0.5) is 0 Å². The molecule has 1 rings (SSSR count). The fourth-order valence-electron chi connectivity index (χ4n) is 1.87. The third-order valence-corrected chi connectivity index (χ3v) is 4.26. The van der Waals surface area contributed by atoms with Crippen LogP contribution < -0.4 is 11.3 Å². The van der Waals surface area contributed by atoms with Gasteiger partial charge in [0.15, 0.2) is 0 Å². The first kappa shape index (κ1) is 14.6. The smallest absolute Gasteiger partial charge is 0.0817 e. The van der Waals surface area contributed by atoms with E-state index in [1.54, 1.807) is 7.11 Å². The maximum absolute atomic E-state index is 5.66. The normalized spacial score (nSPS) is 16.5. The molecule has 2 unspecified atom stereocenters. The number of hydrogen-bond donors (Lipinski definition) is 2. The SMILES string of the molecule is CCC(C)(OC)C(Cc1ccccc1Br)NN. The molecule has 0 radical (unpaired) electrons. The van der Waals surface area contributed by atoms with Gasteiger partial charge in [-0.25, -0.2) is 0 Å². The number of hydrogen-bond acceptors (Lipinski definition) is 3. The first-order chi connectivity index (χ1) is 8.07. The van der Waals surface area contributed by atoms with Gasteiger partial charge in [-0.05, 0) is 31.4 Å². The van der Waals surface area contributed by atoms with E-state index in [0.29, 0.717) is 0 Å². The van der Waals surface area contributed by atoms with E-state index in [1.807, 2.05) is 18.2 Å². The number of nitrogens with one attached hydrogen (secondary N) is 1. The second-order valence-electron chi connectivity index (χ2n) is 4.39. The number of benzene rings is 1. The Labute approximate surface area is 112 Å². The van der Waals surface area contributed by atoms with Crippen LogP contribution in [0.25, 0.3) is 0 Å². The quantitative estimate of drug-likeness (QED) is 0.627. The van der Waals surface area contributed by atoms with Crippen molar-refractivity contribution in [1.82, 2.24) is 5.43 Å². The first-order valence-electron chi connectivity index (χ1n) is 5.82. The van der Waals surface area contributed by atoms with Gasteiger partial charge in [0.05, 0.1) is 11.6 Å². The van der Waals surface area contributed by atoms with E-state index < -0.39 is 0 Å². The molecule has 3 N–H and O–H groups in total. The van der Waals surface area contributed by atoms with Crippen LogP contribution in [0.5, 0.6) is 0 Å². The van der Waals surface area contributed by atoms with E-state index in [1.165, 1.54) is 5.56 Å². The Morgan fingerprint density at radius 1 is 1.47 bits per heavy atom. The molecule has 0 spiro atoms. The molecule has 0 bridgehead atoms. The average Bonchev–Trinajstić information content (AvgIpc) is 2.37. The minimum Gasteiger partial charge on any atom is -0.377 e. The van der Waals surface area contributed by atoms with Crippen molar-refractivity contribution in [2.75, 3.05) is 7.11 Å². The van der Waals surface area contributed by atoms with Gasteiger partial charge in [0, 0.05) is 11.6 Å². The van der Waals surface area contributed by atoms with Crippen molar-refractivity contribution in [2.24, 2.45) is 5.84 Å². The van der Waals surface area contributed by atoms with E-state index in [9.17, 15) is 0 Å². The predicted molar refractivity (Wildman–Crippen MR) is 74.7 cm³/mol. The molecular formula is C13H21BrN2O. The Morgan fingerprint density at radius 2 is 2.12 bits per heavy atom. The zero-order valence-corrected chi connectivity index (χ0v) is 12.3. The van der Waals surface area contributed by atoms with Crippen molar-refractivity contribution >= 4 is 15.9 Å². The monoisotopic (exact) mass is 300 g/mol. The summed E-state index contributed by atoms with van der Waals surface area (Å²) in [6, 6.07) is 8.26. The second-order valence-corrected chi connectivity index (χ2v) is 5.24. The number of halogens is 1. The molecular weight excluding hydrogens is 280 g/mol. The summed E-state index contributed by atoms with van der Waals surface area (Å²) in [6.45, 7) is 4.18. The van der Waals surface area contributed by atoms with Crippen molar-refractivity contribution < 1.29 is 4.74 Å². The topological polar surface area (TPSA) is 47.3 Å². The maximum atomic E-state index is 5.66. The minimum absolute atomic E-state index is 0.0798. The molecule has 96 valence electrons. The lowest BCUT2D eigenvalue weighted by Crippen LogP contribution is -2.53. The fourth-order valence-corrected chi connectivity index (χ4v) is 2.31. The van der Waals surface area contributed by atoms with Gasteiger partial charge < -0.3 is 4.74 Å². The summed E-state index contributed by atoms with van der Waals surface area (Å²) in [6.07, 6.45) is 1.74. The van der Waals surface area contributed by atoms with Crippen molar-refractivity contribution in [3.63, 3.8) is 0 Å². The molecule has 0 saturated carbocycles. The summed E-state index contributed by atoms with van der Waals surface area (Å²) in [5.41, 5.74) is 3.84. The highest BCUT2D eigenvalue weighted by molar-refractivity contribution is 9.10. The van der Waals surface area contributed by atoms with Gasteiger partial charge in [-0.2, -0.15) is 0 Å². The lowest BCUT2D eigenvalue weighted by Gasteiger charge is -2.35. The van der Waals surface area contributed by atoms with Crippen LogP contribution in [0, 0.1) is 0 Å². The van der Waals surface area contributed by atoms with Gasteiger partial charge in [0.2, 0.25) is 0 Å². The van der Waals surface area contributed by atoms with Crippen molar-refractivity contribution in [1.29, 1.82) is 0 Å². The van der Waals surface area contributed by atoms with E-state index in [-0.39, 0.29) is 11.6 Å². The van der Waals surface area contributed by atoms with Crippen LogP contribution in [0.15, 0.2) is 28.7 Å². The van der Waals surface area contributed by atoms with E-state index in [0.717, 1.165) is 17.3 Å². The van der Waals surface area contributed by atoms with Crippen LogP contribution in [0.1, 0.15) is 25.8 Å². The van der Waals surface area contributed by atoms with E-state index in [2.05, 4.69) is 41.3 Å². The van der Waals surface area contributed by atoms with Crippen LogP contribution in [-0.2, 0) is 11.2 Å². The van der Waals surface area contributed by atoms with E-state index >= 15 is 0 Å². The first-order valence-corrected chi connectivity index (χ1v) is 6.61. The Balaban J connectivity index is 2.87. The largest absolute Gasteiger partial charge is 0.377 e. The Bertz CT molecular complexity index is 353. The Kier molecular flexibility index (Phi) is 5.59. The standard InChI is InChI=1S/C13H21BrN2O/c1-4-13(2,17-3)12(16-15)9-10-7-5-6-8-11(10)14/h5-8,12,16H,4,9,15H2,1-3H3. The summed E-state index contributed by atoms with van der Waals surface area (Å²) < 4.78 is 6.70. The number of nitrogens with two attached hydrogens (primary N) is 1. The highest BCUT2D eigenvalue weighted by atomic mass is 79.9. The minimum atomic E-state index is -0.260. The highest BCUT2D eigenvalue weighted by Gasteiger charge is 2.32. The maximum Gasteiger partial charge on any atom is 0.0817 e. The lowest BCUT2D eigenvalue weighted by atomic mass is 9.89. The summed E-state index contributed by atoms with van der Waals surface area (Å²) in [7, 11) is 1.73. The summed E-state index contributed by atoms with van der Waals surface area (Å²) in [5, 5.41) is 0. The summed E-state index contributed by atoms with van der Waals surface area (Å²) >= 11 is 3.56. The van der Waals surface area contributed by atoms with Gasteiger partial charge in [-0.15, -0.1) is 0 Å². The Morgan fingerprint density at radius 3 is 2.59 bits per heavy atom. The van der Waals surface area contributed by atoms with Gasteiger partial charge >= 0.3 is 0 Å². The van der Waals surface area contributed by atoms with Gasteiger partial charge in [-0.3, -0.25) is 11.3 Å².